The van der Waals surface area contributed by atoms with E-state index in [1.165, 1.54) is 0 Å². The summed E-state index contributed by atoms with van der Waals surface area (Å²) < 4.78 is 5.12. The molecule has 2 N–H and O–H groups in total. The maximum atomic E-state index is 11.5. The highest BCUT2D eigenvalue weighted by molar-refractivity contribution is 6.03. The highest BCUT2D eigenvalue weighted by atomic mass is 16.5. The number of rotatable bonds is 2. The second-order valence-corrected chi connectivity index (χ2v) is 3.51. The second kappa shape index (κ2) is 3.81. The minimum Gasteiger partial charge on any atom is -0.497 e. The molecule has 2 rings (SSSR count). The van der Waals surface area contributed by atoms with Gasteiger partial charge >= 0.3 is 0 Å². The summed E-state index contributed by atoms with van der Waals surface area (Å²) in [5, 5.41) is 6.03. The Morgan fingerprint density at radius 3 is 2.87 bits per heavy atom. The standard InChI is InChI=1S/C11H14N2O2/c1-3-8-11(14)13-9-5-4-7(15-2)6-10(9)12-8/h4-6,8,12H,3H2,1-2H3,(H,13,14)/t8-/m0/s1. The zero-order valence-corrected chi connectivity index (χ0v) is 8.83. The summed E-state index contributed by atoms with van der Waals surface area (Å²) in [6, 6.07) is 5.40. The van der Waals surface area contributed by atoms with E-state index < -0.39 is 0 Å². The van der Waals surface area contributed by atoms with Crippen LogP contribution in [0, 0.1) is 0 Å². The fourth-order valence-corrected chi connectivity index (χ4v) is 1.64. The molecule has 1 aliphatic heterocycles. The number of carbonyl (C=O) groups excluding carboxylic acids is 1. The van der Waals surface area contributed by atoms with Crippen molar-refractivity contribution in [3.8, 4) is 5.75 Å². The summed E-state index contributed by atoms with van der Waals surface area (Å²) in [5.41, 5.74) is 1.73. The second-order valence-electron chi connectivity index (χ2n) is 3.51. The highest BCUT2D eigenvalue weighted by Crippen LogP contribution is 2.30. The maximum absolute atomic E-state index is 11.5. The van der Waals surface area contributed by atoms with Gasteiger partial charge in [0.25, 0.3) is 0 Å². The molecule has 0 saturated carbocycles. The number of fused-ring (bicyclic) bond motifs is 1. The van der Waals surface area contributed by atoms with Gasteiger partial charge in [0.05, 0.1) is 18.5 Å². The smallest absolute Gasteiger partial charge is 0.246 e. The lowest BCUT2D eigenvalue weighted by Gasteiger charge is -2.26. The number of carbonyl (C=O) groups is 1. The molecule has 1 atom stereocenters. The number of benzene rings is 1. The van der Waals surface area contributed by atoms with Gasteiger partial charge in [-0.1, -0.05) is 6.92 Å². The maximum Gasteiger partial charge on any atom is 0.246 e. The Morgan fingerprint density at radius 1 is 1.40 bits per heavy atom. The van der Waals surface area contributed by atoms with Gasteiger partial charge < -0.3 is 15.4 Å². The molecule has 0 aliphatic carbocycles. The summed E-state index contributed by atoms with van der Waals surface area (Å²) in [5.74, 6) is 0.808. The molecule has 1 aliphatic rings. The van der Waals surface area contributed by atoms with Crippen LogP contribution in [0.15, 0.2) is 18.2 Å². The van der Waals surface area contributed by atoms with Gasteiger partial charge in [-0.15, -0.1) is 0 Å². The first-order valence-corrected chi connectivity index (χ1v) is 5.00. The summed E-state index contributed by atoms with van der Waals surface area (Å²) in [4.78, 5) is 11.5. The number of methoxy groups -OCH3 is 1. The third-order valence-corrected chi connectivity index (χ3v) is 2.54. The van der Waals surface area contributed by atoms with E-state index in [9.17, 15) is 4.79 Å². The Hall–Kier alpha value is -1.71. The molecule has 0 aromatic heterocycles. The lowest BCUT2D eigenvalue weighted by atomic mass is 10.1. The summed E-state index contributed by atoms with van der Waals surface area (Å²) >= 11 is 0. The molecule has 0 unspecified atom stereocenters. The molecule has 0 spiro atoms. The molecular weight excluding hydrogens is 192 g/mol. The fourth-order valence-electron chi connectivity index (χ4n) is 1.64. The molecule has 1 amide bonds. The van der Waals surface area contributed by atoms with E-state index in [0.717, 1.165) is 23.5 Å². The molecule has 1 heterocycles. The monoisotopic (exact) mass is 206 g/mol. The molecular formula is C11H14N2O2. The number of amides is 1. The van der Waals surface area contributed by atoms with E-state index in [-0.39, 0.29) is 11.9 Å². The number of nitrogens with one attached hydrogen (secondary N) is 2. The molecule has 0 bridgehead atoms. The first-order chi connectivity index (χ1) is 7.24. The van der Waals surface area contributed by atoms with Crippen molar-refractivity contribution in [3.05, 3.63) is 18.2 Å². The first-order valence-electron chi connectivity index (χ1n) is 5.00. The molecule has 0 radical (unpaired) electrons. The zero-order chi connectivity index (χ0) is 10.8. The fraction of sp³-hybridized carbons (Fsp3) is 0.364. The molecule has 1 aromatic rings. The Kier molecular flexibility index (Phi) is 2.49. The van der Waals surface area contributed by atoms with Crippen molar-refractivity contribution < 1.29 is 9.53 Å². The molecule has 4 nitrogen and oxygen atoms in total. The van der Waals surface area contributed by atoms with Gasteiger partial charge in [0.1, 0.15) is 11.8 Å². The first kappa shape index (κ1) is 9.83. The van der Waals surface area contributed by atoms with Crippen LogP contribution < -0.4 is 15.4 Å². The third kappa shape index (κ3) is 1.75. The van der Waals surface area contributed by atoms with Crippen molar-refractivity contribution in [1.82, 2.24) is 0 Å². The number of hydrogen-bond donors (Lipinski definition) is 2. The Bertz CT molecular complexity index is 390. The molecule has 4 heteroatoms. The van der Waals surface area contributed by atoms with E-state index >= 15 is 0 Å². The lowest BCUT2D eigenvalue weighted by molar-refractivity contribution is -0.117. The van der Waals surface area contributed by atoms with Crippen LogP contribution in [-0.2, 0) is 4.79 Å². The predicted molar refractivity (Wildman–Crippen MR) is 59.3 cm³/mol. The van der Waals surface area contributed by atoms with Crippen molar-refractivity contribution in [1.29, 1.82) is 0 Å². The normalized spacial score (nSPS) is 18.8. The van der Waals surface area contributed by atoms with Gasteiger partial charge in [-0.05, 0) is 18.6 Å². The summed E-state index contributed by atoms with van der Waals surface area (Å²) in [7, 11) is 1.63. The number of hydrogen-bond acceptors (Lipinski definition) is 3. The predicted octanol–water partition coefficient (Wildman–Crippen LogP) is 1.84. The van der Waals surface area contributed by atoms with Crippen LogP contribution in [0.5, 0.6) is 5.75 Å². The Labute approximate surface area is 88.6 Å². The van der Waals surface area contributed by atoms with Crippen molar-refractivity contribution >= 4 is 17.3 Å². The van der Waals surface area contributed by atoms with Crippen LogP contribution in [0.3, 0.4) is 0 Å². The van der Waals surface area contributed by atoms with Crippen molar-refractivity contribution in [2.24, 2.45) is 0 Å². The van der Waals surface area contributed by atoms with E-state index in [1.54, 1.807) is 7.11 Å². The average Bonchev–Trinajstić information content (AvgIpc) is 2.27. The van der Waals surface area contributed by atoms with E-state index in [1.807, 2.05) is 25.1 Å². The topological polar surface area (TPSA) is 50.4 Å². The van der Waals surface area contributed by atoms with Crippen LogP contribution in [0.1, 0.15) is 13.3 Å². The average molecular weight is 206 g/mol. The Balaban J connectivity index is 2.33. The van der Waals surface area contributed by atoms with Gasteiger partial charge in [-0.25, -0.2) is 0 Å². The van der Waals surface area contributed by atoms with Gasteiger partial charge in [-0.3, -0.25) is 4.79 Å². The van der Waals surface area contributed by atoms with Crippen molar-refractivity contribution in [2.75, 3.05) is 17.7 Å². The molecule has 15 heavy (non-hydrogen) atoms. The summed E-state index contributed by atoms with van der Waals surface area (Å²) in [6.45, 7) is 1.97. The zero-order valence-electron chi connectivity index (χ0n) is 8.83. The van der Waals surface area contributed by atoms with E-state index in [4.69, 9.17) is 4.74 Å². The molecule has 0 saturated heterocycles. The quantitative estimate of drug-likeness (QED) is 0.776. The third-order valence-electron chi connectivity index (χ3n) is 2.54. The van der Waals surface area contributed by atoms with Crippen molar-refractivity contribution in [2.45, 2.75) is 19.4 Å². The number of anilines is 2. The van der Waals surface area contributed by atoms with Gasteiger partial charge in [0.2, 0.25) is 5.91 Å². The minimum atomic E-state index is -0.149. The van der Waals surface area contributed by atoms with Crippen LogP contribution >= 0.6 is 0 Å². The van der Waals surface area contributed by atoms with Crippen molar-refractivity contribution in [3.63, 3.8) is 0 Å². The minimum absolute atomic E-state index is 0.0233. The number of ether oxygens (including phenoxy) is 1. The SMILES string of the molecule is CC[C@@H]1Nc2cc(OC)ccc2NC1=O. The van der Waals surface area contributed by atoms with E-state index in [0.29, 0.717) is 0 Å². The van der Waals surface area contributed by atoms with Crippen LogP contribution in [0.4, 0.5) is 11.4 Å². The van der Waals surface area contributed by atoms with Gasteiger partial charge in [0.15, 0.2) is 0 Å². The largest absolute Gasteiger partial charge is 0.497 e. The highest BCUT2D eigenvalue weighted by Gasteiger charge is 2.23. The van der Waals surface area contributed by atoms with Crippen LogP contribution in [0.25, 0.3) is 0 Å². The molecule has 80 valence electrons. The lowest BCUT2D eigenvalue weighted by Crippen LogP contribution is -2.38. The van der Waals surface area contributed by atoms with E-state index in [2.05, 4.69) is 10.6 Å². The molecule has 1 aromatic carbocycles. The van der Waals surface area contributed by atoms with Crippen LogP contribution in [0.2, 0.25) is 0 Å². The van der Waals surface area contributed by atoms with Crippen LogP contribution in [-0.4, -0.2) is 19.1 Å². The Morgan fingerprint density at radius 2 is 2.20 bits per heavy atom. The van der Waals surface area contributed by atoms with Gasteiger partial charge in [-0.2, -0.15) is 0 Å². The summed E-state index contributed by atoms with van der Waals surface area (Å²) in [6.07, 6.45) is 0.766. The van der Waals surface area contributed by atoms with Gasteiger partial charge in [0, 0.05) is 6.07 Å². The molecule has 0 fully saturated rings.